The monoisotopic (exact) mass is 499 g/mol. The first kappa shape index (κ1) is 21.2. The van der Waals surface area contributed by atoms with Crippen LogP contribution in [-0.2, 0) is 16.6 Å². The summed E-state index contributed by atoms with van der Waals surface area (Å²) in [5, 5.41) is 1.74. The molecule has 1 N–H and O–H groups in total. The van der Waals surface area contributed by atoms with Crippen LogP contribution < -0.4 is 10.2 Å². The summed E-state index contributed by atoms with van der Waals surface area (Å²) in [5.74, 6) is -2.54. The summed E-state index contributed by atoms with van der Waals surface area (Å²) in [6, 6.07) is 0. The number of rotatable bonds is 2. The van der Waals surface area contributed by atoms with E-state index in [2.05, 4.69) is 9.97 Å². The van der Waals surface area contributed by atoms with Crippen molar-refractivity contribution >= 4 is 57.3 Å². The molecular formula is C15H17F3IN5O3. The van der Waals surface area contributed by atoms with Crippen molar-refractivity contribution in [2.24, 2.45) is 7.05 Å². The molecule has 0 aliphatic carbocycles. The number of alkyl halides is 3. The van der Waals surface area contributed by atoms with Gasteiger partial charge in [0.1, 0.15) is 11.1 Å². The van der Waals surface area contributed by atoms with Crippen LogP contribution >= 0.6 is 22.6 Å². The molecule has 0 unspecified atom stereocenters. The minimum Gasteiger partial charge on any atom is -0.443 e. The first-order valence-corrected chi connectivity index (χ1v) is 8.65. The van der Waals surface area contributed by atoms with Gasteiger partial charge >= 0.3 is 18.2 Å². The molecular weight excluding hydrogens is 482 g/mol. The molecule has 0 saturated carbocycles. The maximum absolute atomic E-state index is 12.6. The van der Waals surface area contributed by atoms with Crippen LogP contribution in [0.25, 0.3) is 11.0 Å². The van der Waals surface area contributed by atoms with Gasteiger partial charge in [0, 0.05) is 14.1 Å². The fraction of sp³-hybridized carbons (Fsp3) is 0.467. The second-order valence-corrected chi connectivity index (χ2v) is 7.72. The minimum absolute atomic E-state index is 0.0438. The van der Waals surface area contributed by atoms with Gasteiger partial charge in [-0.05, 0) is 43.4 Å². The van der Waals surface area contributed by atoms with Gasteiger partial charge in [0.15, 0.2) is 11.6 Å². The number of nitrogens with zero attached hydrogens (tertiary/aromatic N) is 4. The molecule has 2 rings (SSSR count). The molecule has 0 saturated heterocycles. The highest BCUT2D eigenvalue weighted by atomic mass is 127. The van der Waals surface area contributed by atoms with Crippen molar-refractivity contribution in [3.05, 3.63) is 9.90 Å². The van der Waals surface area contributed by atoms with E-state index < -0.39 is 23.8 Å². The maximum atomic E-state index is 12.6. The van der Waals surface area contributed by atoms with Gasteiger partial charge in [-0.15, -0.1) is 0 Å². The topological polar surface area (TPSA) is 89.3 Å². The summed E-state index contributed by atoms with van der Waals surface area (Å²) >= 11 is 1.76. The zero-order chi connectivity index (χ0) is 20.7. The molecule has 148 valence electrons. The van der Waals surface area contributed by atoms with E-state index in [1.165, 1.54) is 13.4 Å². The van der Waals surface area contributed by atoms with Crippen LogP contribution in [0.1, 0.15) is 20.8 Å². The molecule has 27 heavy (non-hydrogen) atoms. The van der Waals surface area contributed by atoms with Gasteiger partial charge in [0.2, 0.25) is 0 Å². The van der Waals surface area contributed by atoms with Gasteiger partial charge in [-0.2, -0.15) is 13.2 Å². The summed E-state index contributed by atoms with van der Waals surface area (Å²) in [7, 11) is 2.98. The second kappa shape index (κ2) is 7.13. The molecule has 2 heterocycles. The van der Waals surface area contributed by atoms with Crippen molar-refractivity contribution in [3.8, 4) is 0 Å². The Morgan fingerprint density at radius 1 is 1.30 bits per heavy atom. The molecule has 2 amide bonds. The number of amides is 2. The highest BCUT2D eigenvalue weighted by molar-refractivity contribution is 14.1. The van der Waals surface area contributed by atoms with Crippen LogP contribution in [0.4, 0.5) is 29.6 Å². The fourth-order valence-corrected chi connectivity index (χ4v) is 2.98. The van der Waals surface area contributed by atoms with E-state index in [4.69, 9.17) is 4.74 Å². The largest absolute Gasteiger partial charge is 0.471 e. The summed E-state index contributed by atoms with van der Waals surface area (Å²) in [6.45, 7) is 5.02. The summed E-state index contributed by atoms with van der Waals surface area (Å²) in [5.41, 5.74) is -0.0979. The van der Waals surface area contributed by atoms with E-state index in [1.54, 1.807) is 60.3 Å². The molecule has 0 aliphatic rings. The van der Waals surface area contributed by atoms with Crippen molar-refractivity contribution < 1.29 is 27.5 Å². The predicted octanol–water partition coefficient (Wildman–Crippen LogP) is 3.45. The maximum Gasteiger partial charge on any atom is 0.471 e. The zero-order valence-electron chi connectivity index (χ0n) is 15.1. The van der Waals surface area contributed by atoms with Crippen molar-refractivity contribution in [2.75, 3.05) is 17.3 Å². The van der Waals surface area contributed by atoms with Crippen molar-refractivity contribution in [1.82, 2.24) is 14.5 Å². The number of aromatic nitrogens is 3. The summed E-state index contributed by atoms with van der Waals surface area (Å²) in [4.78, 5) is 32.9. The Kier molecular flexibility index (Phi) is 5.59. The van der Waals surface area contributed by atoms with Crippen LogP contribution in [-0.4, -0.2) is 45.4 Å². The number of anilines is 2. The zero-order valence-corrected chi connectivity index (χ0v) is 17.3. The molecule has 0 bridgehead atoms. The van der Waals surface area contributed by atoms with Crippen molar-refractivity contribution in [3.63, 3.8) is 0 Å². The molecule has 2 aromatic rings. The molecule has 12 heteroatoms. The Morgan fingerprint density at radius 3 is 2.41 bits per heavy atom. The Labute approximate surface area is 166 Å². The third-order valence-corrected chi connectivity index (χ3v) is 4.28. The number of hydrogen-bond acceptors (Lipinski definition) is 5. The van der Waals surface area contributed by atoms with Crippen LogP contribution in [0.5, 0.6) is 0 Å². The molecule has 0 fully saturated rings. The number of aryl methyl sites for hydroxylation is 1. The average Bonchev–Trinajstić information content (AvgIpc) is 2.89. The SMILES string of the molecule is CN(C(=O)OC(C)(C)C)c1nc(NC(=O)C(F)(F)F)c(I)c2c1ncn2C. The van der Waals surface area contributed by atoms with Crippen LogP contribution in [0.3, 0.4) is 0 Å². The lowest BCUT2D eigenvalue weighted by Crippen LogP contribution is -2.35. The fourth-order valence-electron chi connectivity index (χ4n) is 2.08. The van der Waals surface area contributed by atoms with Crippen molar-refractivity contribution in [2.45, 2.75) is 32.5 Å². The van der Waals surface area contributed by atoms with E-state index >= 15 is 0 Å². The van der Waals surface area contributed by atoms with Gasteiger partial charge in [0.25, 0.3) is 0 Å². The first-order chi connectivity index (χ1) is 12.2. The number of ether oxygens (including phenoxy) is 1. The number of fused-ring (bicyclic) bond motifs is 1. The minimum atomic E-state index is -5.08. The highest BCUT2D eigenvalue weighted by Gasteiger charge is 2.39. The number of imidazole rings is 1. The van der Waals surface area contributed by atoms with Gasteiger partial charge in [0.05, 0.1) is 15.4 Å². The van der Waals surface area contributed by atoms with Crippen LogP contribution in [0, 0.1) is 3.57 Å². The molecule has 2 aromatic heterocycles. The van der Waals surface area contributed by atoms with Gasteiger partial charge in [-0.1, -0.05) is 0 Å². The van der Waals surface area contributed by atoms with Crippen molar-refractivity contribution in [1.29, 1.82) is 0 Å². The predicted molar refractivity (Wildman–Crippen MR) is 101 cm³/mol. The van der Waals surface area contributed by atoms with Gasteiger partial charge in [-0.25, -0.2) is 14.8 Å². The molecule has 0 radical (unpaired) electrons. The first-order valence-electron chi connectivity index (χ1n) is 7.57. The lowest BCUT2D eigenvalue weighted by Gasteiger charge is -2.24. The number of hydrogen-bond donors (Lipinski definition) is 1. The van der Waals surface area contributed by atoms with E-state index in [0.717, 1.165) is 4.90 Å². The number of pyridine rings is 1. The van der Waals surface area contributed by atoms with Crippen LogP contribution in [0.2, 0.25) is 0 Å². The quantitative estimate of drug-likeness (QED) is 0.640. The van der Waals surface area contributed by atoms with Gasteiger partial charge in [-0.3, -0.25) is 9.69 Å². The molecule has 8 nitrogen and oxygen atoms in total. The van der Waals surface area contributed by atoms with Gasteiger partial charge < -0.3 is 14.6 Å². The standard InChI is InChI=1S/C15H17F3IN5O3/c1-14(2,3)27-13(26)24(5)11-8-9(23(4)6-20-8)7(19)10(21-11)22-12(25)15(16,17)18/h6H,1-5H3,(H,21,22,25). The Bertz CT molecular complexity index is 905. The Balaban J connectivity index is 2.57. The highest BCUT2D eigenvalue weighted by Crippen LogP contribution is 2.33. The molecule has 0 aromatic carbocycles. The number of nitrogens with one attached hydrogen (secondary N) is 1. The Morgan fingerprint density at radius 2 is 1.89 bits per heavy atom. The molecule has 0 atom stereocenters. The summed E-state index contributed by atoms with van der Waals surface area (Å²) in [6.07, 6.45) is -4.42. The molecule has 0 aliphatic heterocycles. The normalized spacial score (nSPS) is 12.2. The second-order valence-electron chi connectivity index (χ2n) is 6.64. The lowest BCUT2D eigenvalue weighted by molar-refractivity contribution is -0.167. The number of carbonyl (C=O) groups is 2. The summed E-state index contributed by atoms with van der Waals surface area (Å²) < 4.78 is 44.9. The average molecular weight is 499 g/mol. The molecule has 0 spiro atoms. The van der Waals surface area contributed by atoms with Crippen LogP contribution in [0.15, 0.2) is 6.33 Å². The number of halogens is 4. The van der Waals surface area contributed by atoms with E-state index in [9.17, 15) is 22.8 Å². The smallest absolute Gasteiger partial charge is 0.443 e. The van der Waals surface area contributed by atoms with E-state index in [1.807, 2.05) is 0 Å². The van der Waals surface area contributed by atoms with E-state index in [0.29, 0.717) is 5.52 Å². The third-order valence-electron chi connectivity index (χ3n) is 3.26. The lowest BCUT2D eigenvalue weighted by atomic mass is 10.2. The Hall–Kier alpha value is -2.12. The third kappa shape index (κ3) is 4.59. The number of carbonyl (C=O) groups excluding carboxylic acids is 2. The van der Waals surface area contributed by atoms with E-state index in [-0.39, 0.29) is 20.7 Å².